The Hall–Kier alpha value is -0.120. The molecule has 0 aromatic carbocycles. The van der Waals surface area contributed by atoms with Gasteiger partial charge in [-0.15, -0.1) is 0 Å². The van der Waals surface area contributed by atoms with Crippen molar-refractivity contribution < 1.29 is 14.7 Å². The maximum Gasteiger partial charge on any atom is 0.126 e. The SMILES string of the molecule is CC(C)[C@@H]1CC[C@@H](C)C[C@H]1OC[C@H](O)C[NH+]1CCCCC1. The van der Waals surface area contributed by atoms with E-state index in [-0.39, 0.29) is 6.10 Å². The van der Waals surface area contributed by atoms with Crippen molar-refractivity contribution in [2.45, 2.75) is 71.5 Å². The van der Waals surface area contributed by atoms with E-state index in [1.807, 2.05) is 0 Å². The number of ether oxygens (including phenoxy) is 1. The first-order chi connectivity index (χ1) is 10.1. The van der Waals surface area contributed by atoms with E-state index >= 15 is 0 Å². The van der Waals surface area contributed by atoms with Crippen LogP contribution in [0.5, 0.6) is 0 Å². The van der Waals surface area contributed by atoms with Gasteiger partial charge in [-0.2, -0.15) is 0 Å². The second kappa shape index (κ2) is 8.50. The van der Waals surface area contributed by atoms with Crippen LogP contribution in [0.3, 0.4) is 0 Å². The third kappa shape index (κ3) is 5.54. The monoisotopic (exact) mass is 298 g/mol. The lowest BCUT2D eigenvalue weighted by molar-refractivity contribution is -0.908. The van der Waals surface area contributed by atoms with Crippen LogP contribution in [0.2, 0.25) is 0 Å². The minimum Gasteiger partial charge on any atom is -0.385 e. The number of rotatable bonds is 6. The van der Waals surface area contributed by atoms with Gasteiger partial charge in [0.1, 0.15) is 12.6 Å². The molecule has 3 nitrogen and oxygen atoms in total. The highest BCUT2D eigenvalue weighted by Gasteiger charge is 2.32. The van der Waals surface area contributed by atoms with E-state index < -0.39 is 0 Å². The number of aliphatic hydroxyl groups is 1. The number of quaternary nitrogens is 1. The van der Waals surface area contributed by atoms with E-state index in [9.17, 15) is 5.11 Å². The van der Waals surface area contributed by atoms with Gasteiger partial charge in [-0.3, -0.25) is 0 Å². The summed E-state index contributed by atoms with van der Waals surface area (Å²) in [7, 11) is 0. The van der Waals surface area contributed by atoms with Gasteiger partial charge in [-0.05, 0) is 49.9 Å². The summed E-state index contributed by atoms with van der Waals surface area (Å²) >= 11 is 0. The van der Waals surface area contributed by atoms with Crippen LogP contribution in [0.1, 0.15) is 59.3 Å². The molecule has 1 saturated heterocycles. The van der Waals surface area contributed by atoms with Crippen molar-refractivity contribution in [2.75, 3.05) is 26.2 Å². The van der Waals surface area contributed by atoms with Crippen molar-refractivity contribution in [3.63, 3.8) is 0 Å². The summed E-state index contributed by atoms with van der Waals surface area (Å²) in [6.07, 6.45) is 7.87. The maximum atomic E-state index is 10.3. The molecule has 124 valence electrons. The Kier molecular flexibility index (Phi) is 6.97. The van der Waals surface area contributed by atoms with Crippen LogP contribution in [0.4, 0.5) is 0 Å². The highest BCUT2D eigenvalue weighted by molar-refractivity contribution is 4.81. The molecule has 3 heteroatoms. The summed E-state index contributed by atoms with van der Waals surface area (Å²) in [5, 5.41) is 10.3. The van der Waals surface area contributed by atoms with Gasteiger partial charge >= 0.3 is 0 Å². The summed E-state index contributed by atoms with van der Waals surface area (Å²) in [5.74, 6) is 2.14. The van der Waals surface area contributed by atoms with Gasteiger partial charge in [0.25, 0.3) is 0 Å². The molecule has 4 atom stereocenters. The van der Waals surface area contributed by atoms with Crippen LogP contribution in [0, 0.1) is 17.8 Å². The van der Waals surface area contributed by atoms with Crippen molar-refractivity contribution in [1.29, 1.82) is 0 Å². The molecule has 2 fully saturated rings. The molecular formula is C18H36NO2+. The lowest BCUT2D eigenvalue weighted by atomic mass is 9.75. The van der Waals surface area contributed by atoms with Gasteiger partial charge in [0.15, 0.2) is 0 Å². The van der Waals surface area contributed by atoms with Crippen molar-refractivity contribution in [2.24, 2.45) is 17.8 Å². The predicted molar refractivity (Wildman–Crippen MR) is 86.5 cm³/mol. The lowest BCUT2D eigenvalue weighted by Gasteiger charge is -2.37. The third-order valence-electron chi connectivity index (χ3n) is 5.55. The molecule has 1 saturated carbocycles. The van der Waals surface area contributed by atoms with Gasteiger partial charge in [-0.1, -0.05) is 27.2 Å². The fourth-order valence-corrected chi connectivity index (χ4v) is 4.19. The number of hydrogen-bond acceptors (Lipinski definition) is 2. The summed E-state index contributed by atoms with van der Waals surface area (Å²) in [6, 6.07) is 0. The van der Waals surface area contributed by atoms with Crippen molar-refractivity contribution >= 4 is 0 Å². The molecule has 0 spiro atoms. The largest absolute Gasteiger partial charge is 0.385 e. The van der Waals surface area contributed by atoms with E-state index in [2.05, 4.69) is 20.8 Å². The fourth-order valence-electron chi connectivity index (χ4n) is 4.19. The molecule has 1 aliphatic carbocycles. The van der Waals surface area contributed by atoms with Crippen LogP contribution in [0.25, 0.3) is 0 Å². The first-order valence-electron chi connectivity index (χ1n) is 9.19. The van der Waals surface area contributed by atoms with E-state index in [1.54, 1.807) is 4.90 Å². The predicted octanol–water partition coefficient (Wildman–Crippen LogP) is 1.89. The van der Waals surface area contributed by atoms with Crippen LogP contribution >= 0.6 is 0 Å². The summed E-state index contributed by atoms with van der Waals surface area (Å²) in [6.45, 7) is 10.8. The number of piperidine rings is 1. The lowest BCUT2D eigenvalue weighted by Crippen LogP contribution is -3.14. The van der Waals surface area contributed by atoms with E-state index in [0.717, 1.165) is 12.5 Å². The summed E-state index contributed by atoms with van der Waals surface area (Å²) < 4.78 is 6.17. The highest BCUT2D eigenvalue weighted by atomic mass is 16.5. The Morgan fingerprint density at radius 2 is 1.86 bits per heavy atom. The first kappa shape index (κ1) is 17.2. The van der Waals surface area contributed by atoms with Crippen molar-refractivity contribution in [3.8, 4) is 0 Å². The zero-order chi connectivity index (χ0) is 15.2. The first-order valence-corrected chi connectivity index (χ1v) is 9.19. The molecule has 21 heavy (non-hydrogen) atoms. The molecule has 0 radical (unpaired) electrons. The number of hydrogen-bond donors (Lipinski definition) is 2. The molecule has 1 heterocycles. The molecule has 0 aromatic heterocycles. The van der Waals surface area contributed by atoms with Gasteiger partial charge < -0.3 is 14.7 Å². The number of likely N-dealkylation sites (tertiary alicyclic amines) is 1. The van der Waals surface area contributed by atoms with Crippen LogP contribution in [0.15, 0.2) is 0 Å². The molecule has 0 aromatic rings. The Morgan fingerprint density at radius 3 is 2.52 bits per heavy atom. The molecule has 0 amide bonds. The smallest absolute Gasteiger partial charge is 0.126 e. The quantitative estimate of drug-likeness (QED) is 0.785. The third-order valence-corrected chi connectivity index (χ3v) is 5.55. The van der Waals surface area contributed by atoms with E-state index in [1.165, 1.54) is 51.6 Å². The van der Waals surface area contributed by atoms with Crippen LogP contribution < -0.4 is 4.90 Å². The van der Waals surface area contributed by atoms with Crippen molar-refractivity contribution in [3.05, 3.63) is 0 Å². The Balaban J connectivity index is 1.73. The molecule has 0 bridgehead atoms. The minimum atomic E-state index is -0.289. The van der Waals surface area contributed by atoms with Gasteiger partial charge in [-0.25, -0.2) is 0 Å². The Bertz CT molecular complexity index is 289. The number of nitrogens with one attached hydrogen (secondary N) is 1. The van der Waals surface area contributed by atoms with Gasteiger partial charge in [0.2, 0.25) is 0 Å². The summed E-state index contributed by atoms with van der Waals surface area (Å²) in [5.41, 5.74) is 0. The van der Waals surface area contributed by atoms with Gasteiger partial charge in [0, 0.05) is 0 Å². The Morgan fingerprint density at radius 1 is 1.14 bits per heavy atom. The van der Waals surface area contributed by atoms with E-state index in [0.29, 0.717) is 24.5 Å². The zero-order valence-corrected chi connectivity index (χ0v) is 14.3. The molecule has 2 N–H and O–H groups in total. The van der Waals surface area contributed by atoms with Crippen LogP contribution in [-0.2, 0) is 4.74 Å². The molecule has 0 unspecified atom stereocenters. The van der Waals surface area contributed by atoms with Crippen molar-refractivity contribution in [1.82, 2.24) is 0 Å². The normalized spacial score (nSPS) is 33.3. The average molecular weight is 298 g/mol. The zero-order valence-electron chi connectivity index (χ0n) is 14.3. The molecule has 1 aliphatic heterocycles. The second-order valence-corrected chi connectivity index (χ2v) is 7.87. The standard InChI is InChI=1S/C18H35NO2/c1-14(2)17-8-7-15(3)11-18(17)21-13-16(20)12-19-9-5-4-6-10-19/h14-18,20H,4-13H2,1-3H3/p+1/t15-,16-,17+,18-/m1/s1. The Labute approximate surface area is 131 Å². The maximum absolute atomic E-state index is 10.3. The molecule has 2 rings (SSSR count). The average Bonchev–Trinajstić information content (AvgIpc) is 2.46. The molecule has 2 aliphatic rings. The van der Waals surface area contributed by atoms with Crippen LogP contribution in [-0.4, -0.2) is 43.6 Å². The second-order valence-electron chi connectivity index (χ2n) is 7.87. The highest BCUT2D eigenvalue weighted by Crippen LogP contribution is 2.35. The minimum absolute atomic E-state index is 0.289. The van der Waals surface area contributed by atoms with Gasteiger partial charge in [0.05, 0.1) is 25.8 Å². The van der Waals surface area contributed by atoms with E-state index in [4.69, 9.17) is 4.74 Å². The topological polar surface area (TPSA) is 33.9 Å². The molecular weight excluding hydrogens is 262 g/mol. The number of aliphatic hydroxyl groups excluding tert-OH is 1. The fraction of sp³-hybridized carbons (Fsp3) is 1.00. The summed E-state index contributed by atoms with van der Waals surface area (Å²) in [4.78, 5) is 1.56.